The number of phenolic OH excluding ortho intramolecular Hbond substituents is 1. The Bertz CT molecular complexity index is 925. The van der Waals surface area contributed by atoms with Crippen molar-refractivity contribution in [2.75, 3.05) is 17.7 Å². The molecule has 8 heteroatoms. The Kier molecular flexibility index (Phi) is 5.97. The zero-order valence-corrected chi connectivity index (χ0v) is 15.7. The lowest BCUT2D eigenvalue weighted by molar-refractivity contribution is -0.113. The van der Waals surface area contributed by atoms with Crippen LogP contribution in [0.25, 0.3) is 11.5 Å². The summed E-state index contributed by atoms with van der Waals surface area (Å²) >= 11 is 1.16. The molecule has 7 nitrogen and oxygen atoms in total. The normalized spacial score (nSPS) is 10.6. The number of hydrogen-bond donors (Lipinski definition) is 2. The van der Waals surface area contributed by atoms with Crippen molar-refractivity contribution in [3.63, 3.8) is 0 Å². The van der Waals surface area contributed by atoms with Crippen LogP contribution in [0.3, 0.4) is 0 Å². The fourth-order valence-electron chi connectivity index (χ4n) is 2.30. The fourth-order valence-corrected chi connectivity index (χ4v) is 2.87. The minimum Gasteiger partial charge on any atom is -0.508 e. The highest BCUT2D eigenvalue weighted by molar-refractivity contribution is 7.99. The summed E-state index contributed by atoms with van der Waals surface area (Å²) in [5, 5.41) is 20.6. The van der Waals surface area contributed by atoms with Gasteiger partial charge in [-0.05, 0) is 61.9 Å². The van der Waals surface area contributed by atoms with Crippen molar-refractivity contribution in [2.24, 2.45) is 0 Å². The molecular weight excluding hydrogens is 366 g/mol. The van der Waals surface area contributed by atoms with E-state index in [1.807, 2.05) is 31.2 Å². The largest absolute Gasteiger partial charge is 0.508 e. The van der Waals surface area contributed by atoms with Gasteiger partial charge in [0.05, 0.1) is 12.4 Å². The van der Waals surface area contributed by atoms with Crippen molar-refractivity contribution in [3.05, 3.63) is 48.0 Å². The summed E-state index contributed by atoms with van der Waals surface area (Å²) in [6, 6.07) is 12.2. The molecule has 0 saturated heterocycles. The number of anilines is 1. The van der Waals surface area contributed by atoms with Crippen LogP contribution in [0.1, 0.15) is 12.5 Å². The molecule has 0 aliphatic carbocycles. The van der Waals surface area contributed by atoms with E-state index in [0.29, 0.717) is 29.0 Å². The molecule has 3 aromatic rings. The van der Waals surface area contributed by atoms with Gasteiger partial charge in [0.2, 0.25) is 11.8 Å². The first-order valence-corrected chi connectivity index (χ1v) is 9.32. The molecule has 3 rings (SSSR count). The van der Waals surface area contributed by atoms with Crippen molar-refractivity contribution >= 4 is 23.4 Å². The van der Waals surface area contributed by atoms with Gasteiger partial charge < -0.3 is 19.6 Å². The van der Waals surface area contributed by atoms with E-state index in [0.717, 1.165) is 23.1 Å². The van der Waals surface area contributed by atoms with Gasteiger partial charge in [0.25, 0.3) is 5.22 Å². The Morgan fingerprint density at radius 2 is 2.00 bits per heavy atom. The summed E-state index contributed by atoms with van der Waals surface area (Å²) < 4.78 is 11.0. The molecule has 0 bridgehead atoms. The third kappa shape index (κ3) is 5.01. The number of aryl methyl sites for hydroxylation is 1. The van der Waals surface area contributed by atoms with Crippen LogP contribution in [0, 0.1) is 6.92 Å². The molecule has 140 valence electrons. The van der Waals surface area contributed by atoms with Crippen LogP contribution in [0.5, 0.6) is 11.5 Å². The number of aromatic hydroxyl groups is 1. The minimum absolute atomic E-state index is 0.130. The average molecular weight is 385 g/mol. The maximum absolute atomic E-state index is 12.1. The van der Waals surface area contributed by atoms with Gasteiger partial charge in [-0.1, -0.05) is 11.8 Å². The second kappa shape index (κ2) is 8.59. The van der Waals surface area contributed by atoms with Gasteiger partial charge >= 0.3 is 0 Å². The van der Waals surface area contributed by atoms with E-state index < -0.39 is 0 Å². The van der Waals surface area contributed by atoms with Gasteiger partial charge in [-0.2, -0.15) is 0 Å². The predicted molar refractivity (Wildman–Crippen MR) is 103 cm³/mol. The quantitative estimate of drug-likeness (QED) is 0.470. The molecule has 0 radical (unpaired) electrons. The summed E-state index contributed by atoms with van der Waals surface area (Å²) in [4.78, 5) is 12.1. The van der Waals surface area contributed by atoms with Crippen molar-refractivity contribution in [3.8, 4) is 23.0 Å². The van der Waals surface area contributed by atoms with Gasteiger partial charge in [0.1, 0.15) is 11.5 Å². The number of nitrogens with one attached hydrogen (secondary N) is 1. The molecular formula is C19H19N3O4S. The third-order valence-electron chi connectivity index (χ3n) is 3.63. The van der Waals surface area contributed by atoms with E-state index in [4.69, 9.17) is 9.15 Å². The van der Waals surface area contributed by atoms with Gasteiger partial charge in [-0.3, -0.25) is 4.79 Å². The van der Waals surface area contributed by atoms with Crippen LogP contribution < -0.4 is 10.1 Å². The number of carbonyl (C=O) groups is 1. The molecule has 0 spiro atoms. The Morgan fingerprint density at radius 3 is 2.70 bits per heavy atom. The van der Waals surface area contributed by atoms with Crippen LogP contribution in [-0.2, 0) is 4.79 Å². The Labute approximate surface area is 160 Å². The average Bonchev–Trinajstić information content (AvgIpc) is 3.13. The Morgan fingerprint density at radius 1 is 1.22 bits per heavy atom. The molecule has 2 aromatic carbocycles. The standard InChI is InChI=1S/C19H19N3O4S/c1-3-25-15-7-4-13(5-8-15)18-21-22-19(26-18)27-11-17(24)20-14-6-9-16(23)12(2)10-14/h4-10,23H,3,11H2,1-2H3,(H,20,24). The highest BCUT2D eigenvalue weighted by Gasteiger charge is 2.12. The van der Waals surface area contributed by atoms with Crippen LogP contribution in [0.2, 0.25) is 0 Å². The SMILES string of the molecule is CCOc1ccc(-c2nnc(SCC(=O)Nc3ccc(O)c(C)c3)o2)cc1. The lowest BCUT2D eigenvalue weighted by Gasteiger charge is -2.06. The molecule has 0 fully saturated rings. The summed E-state index contributed by atoms with van der Waals surface area (Å²) in [6.07, 6.45) is 0. The van der Waals surface area contributed by atoms with Crippen LogP contribution in [0.4, 0.5) is 5.69 Å². The Balaban J connectivity index is 1.55. The number of benzene rings is 2. The number of phenols is 1. The summed E-state index contributed by atoms with van der Waals surface area (Å²) in [5.41, 5.74) is 2.09. The Hall–Kier alpha value is -3.00. The first-order valence-electron chi connectivity index (χ1n) is 8.34. The lowest BCUT2D eigenvalue weighted by atomic mass is 10.2. The first-order chi connectivity index (χ1) is 13.0. The topological polar surface area (TPSA) is 97.5 Å². The number of carbonyl (C=O) groups excluding carboxylic acids is 1. The fraction of sp³-hybridized carbons (Fsp3) is 0.211. The van der Waals surface area contributed by atoms with E-state index in [-0.39, 0.29) is 17.4 Å². The number of amides is 1. The van der Waals surface area contributed by atoms with Gasteiger partial charge in [0.15, 0.2) is 0 Å². The van der Waals surface area contributed by atoms with E-state index in [1.54, 1.807) is 25.1 Å². The van der Waals surface area contributed by atoms with Crippen molar-refractivity contribution < 1.29 is 19.1 Å². The van der Waals surface area contributed by atoms with Crippen LogP contribution in [-0.4, -0.2) is 33.6 Å². The smallest absolute Gasteiger partial charge is 0.277 e. The van der Waals surface area contributed by atoms with Crippen LogP contribution >= 0.6 is 11.8 Å². The second-order valence-corrected chi connectivity index (χ2v) is 6.60. The molecule has 0 unspecified atom stereocenters. The third-order valence-corrected chi connectivity index (χ3v) is 4.44. The first kappa shape index (κ1) is 18.8. The number of aromatic nitrogens is 2. The minimum atomic E-state index is -0.203. The van der Waals surface area contributed by atoms with E-state index in [2.05, 4.69) is 15.5 Å². The highest BCUT2D eigenvalue weighted by Crippen LogP contribution is 2.25. The summed E-state index contributed by atoms with van der Waals surface area (Å²) in [7, 11) is 0. The summed E-state index contributed by atoms with van der Waals surface area (Å²) in [5.74, 6) is 1.28. The van der Waals surface area contributed by atoms with Gasteiger partial charge in [0, 0.05) is 11.3 Å². The van der Waals surface area contributed by atoms with Crippen LogP contribution in [0.15, 0.2) is 52.1 Å². The zero-order valence-electron chi connectivity index (χ0n) is 14.9. The lowest BCUT2D eigenvalue weighted by Crippen LogP contribution is -2.14. The second-order valence-electron chi connectivity index (χ2n) is 5.67. The molecule has 2 N–H and O–H groups in total. The van der Waals surface area contributed by atoms with E-state index in [9.17, 15) is 9.90 Å². The molecule has 27 heavy (non-hydrogen) atoms. The number of hydrogen-bond acceptors (Lipinski definition) is 7. The van der Waals surface area contributed by atoms with E-state index >= 15 is 0 Å². The molecule has 0 atom stereocenters. The molecule has 1 aromatic heterocycles. The maximum atomic E-state index is 12.1. The molecule has 1 heterocycles. The maximum Gasteiger partial charge on any atom is 0.277 e. The van der Waals surface area contributed by atoms with E-state index in [1.165, 1.54) is 0 Å². The zero-order chi connectivity index (χ0) is 19.2. The molecule has 0 aliphatic heterocycles. The monoisotopic (exact) mass is 385 g/mol. The predicted octanol–water partition coefficient (Wildman–Crippen LogP) is 3.88. The molecule has 0 aliphatic rings. The number of rotatable bonds is 7. The molecule has 0 saturated carbocycles. The van der Waals surface area contributed by atoms with Gasteiger partial charge in [-0.15, -0.1) is 10.2 Å². The van der Waals surface area contributed by atoms with Gasteiger partial charge in [-0.25, -0.2) is 0 Å². The number of ether oxygens (including phenoxy) is 1. The number of nitrogens with zero attached hydrogens (tertiary/aromatic N) is 2. The number of thioether (sulfide) groups is 1. The molecule has 1 amide bonds. The van der Waals surface area contributed by atoms with Crippen molar-refractivity contribution in [1.82, 2.24) is 10.2 Å². The van der Waals surface area contributed by atoms with Crippen molar-refractivity contribution in [2.45, 2.75) is 19.1 Å². The highest BCUT2D eigenvalue weighted by atomic mass is 32.2. The summed E-state index contributed by atoms with van der Waals surface area (Å²) in [6.45, 7) is 4.29. The van der Waals surface area contributed by atoms with Crippen molar-refractivity contribution in [1.29, 1.82) is 0 Å².